The summed E-state index contributed by atoms with van der Waals surface area (Å²) >= 11 is 1.68. The quantitative estimate of drug-likeness (QED) is 0.570. The van der Waals surface area contributed by atoms with Crippen LogP contribution in [0.2, 0.25) is 0 Å². The van der Waals surface area contributed by atoms with E-state index in [1.807, 2.05) is 25.3 Å². The van der Waals surface area contributed by atoms with Crippen molar-refractivity contribution in [3.63, 3.8) is 0 Å². The molecule has 1 atom stereocenters. The number of hydrogen-bond acceptors (Lipinski definition) is 7. The number of aromatic nitrogens is 3. The zero-order valence-corrected chi connectivity index (χ0v) is 18.0. The molecule has 4 rings (SSSR count). The number of fused-ring (bicyclic) bond motifs is 7. The van der Waals surface area contributed by atoms with E-state index in [1.54, 1.807) is 11.8 Å². The van der Waals surface area contributed by atoms with Gasteiger partial charge in [-0.05, 0) is 55.9 Å². The van der Waals surface area contributed by atoms with Gasteiger partial charge in [-0.25, -0.2) is 18.7 Å². The second-order valence-corrected chi connectivity index (χ2v) is 8.08. The van der Waals surface area contributed by atoms with E-state index in [4.69, 9.17) is 9.47 Å². The van der Waals surface area contributed by atoms with E-state index in [0.717, 1.165) is 17.5 Å². The molecule has 6 bridgehead atoms. The van der Waals surface area contributed by atoms with Crippen molar-refractivity contribution in [3.8, 4) is 22.9 Å². The smallest absolute Gasteiger partial charge is 0.229 e. The van der Waals surface area contributed by atoms with E-state index < -0.39 is 11.6 Å². The van der Waals surface area contributed by atoms with Crippen molar-refractivity contribution in [2.24, 2.45) is 0 Å². The molecule has 162 valence electrons. The van der Waals surface area contributed by atoms with Gasteiger partial charge in [0.25, 0.3) is 0 Å². The maximum Gasteiger partial charge on any atom is 0.229 e. The molecule has 0 saturated heterocycles. The highest BCUT2D eigenvalue weighted by atomic mass is 32.2. The van der Waals surface area contributed by atoms with Crippen LogP contribution >= 0.6 is 11.8 Å². The van der Waals surface area contributed by atoms with Crippen LogP contribution in [-0.4, -0.2) is 33.9 Å². The molecule has 3 aromatic rings. The van der Waals surface area contributed by atoms with Crippen LogP contribution in [0, 0.1) is 11.6 Å². The van der Waals surface area contributed by atoms with Crippen LogP contribution in [0.4, 0.5) is 20.5 Å². The van der Waals surface area contributed by atoms with Crippen LogP contribution < -0.4 is 14.8 Å². The van der Waals surface area contributed by atoms with Crippen molar-refractivity contribution in [1.29, 1.82) is 0 Å². The summed E-state index contributed by atoms with van der Waals surface area (Å²) in [6.07, 6.45) is 4.35. The normalized spacial score (nSPS) is 16.1. The van der Waals surface area contributed by atoms with Crippen molar-refractivity contribution < 1.29 is 18.3 Å². The fourth-order valence-electron chi connectivity index (χ4n) is 3.26. The standard InChI is InChI=1S/C22H22F2N4O2S/c1-13-4-3-7-29-18-10-15(5-6-16(18)23)21-17(24)11-25-22(28-21)27-19-8-14(12-31-2)9-20(26-19)30-13/h5-6,8-11,13H,3-4,7,12H2,1-2H3,(H,25,26,27,28). The number of anilines is 2. The predicted octanol–water partition coefficient (Wildman–Crippen LogP) is 5.36. The van der Waals surface area contributed by atoms with Crippen molar-refractivity contribution in [3.05, 3.63) is 53.7 Å². The average Bonchev–Trinajstić information content (AvgIpc) is 2.73. The molecule has 0 amide bonds. The minimum Gasteiger partial charge on any atom is -0.490 e. The van der Waals surface area contributed by atoms with Crippen molar-refractivity contribution in [2.45, 2.75) is 31.6 Å². The van der Waals surface area contributed by atoms with Crippen LogP contribution in [0.1, 0.15) is 25.3 Å². The summed E-state index contributed by atoms with van der Waals surface area (Å²) in [6.45, 7) is 2.26. The fraction of sp³-hybridized carbons (Fsp3) is 0.318. The number of halogens is 2. The van der Waals surface area contributed by atoms with Gasteiger partial charge in [-0.1, -0.05) is 0 Å². The third-order valence-corrected chi connectivity index (χ3v) is 5.32. The van der Waals surface area contributed by atoms with Gasteiger partial charge in [0.2, 0.25) is 11.8 Å². The maximum absolute atomic E-state index is 14.5. The number of rotatable bonds is 2. The van der Waals surface area contributed by atoms with E-state index in [1.165, 1.54) is 18.2 Å². The van der Waals surface area contributed by atoms with Gasteiger partial charge in [0, 0.05) is 17.4 Å². The molecule has 1 N–H and O–H groups in total. The van der Waals surface area contributed by atoms with E-state index in [2.05, 4.69) is 20.3 Å². The first-order chi connectivity index (χ1) is 15.0. The zero-order valence-electron chi connectivity index (χ0n) is 17.2. The van der Waals surface area contributed by atoms with Crippen LogP contribution in [0.3, 0.4) is 0 Å². The van der Waals surface area contributed by atoms with Crippen LogP contribution in [-0.2, 0) is 5.75 Å². The summed E-state index contributed by atoms with van der Waals surface area (Å²) in [5.41, 5.74) is 1.47. The molecule has 1 unspecified atom stereocenters. The molecule has 9 heteroatoms. The topological polar surface area (TPSA) is 69.2 Å². The highest BCUT2D eigenvalue weighted by molar-refractivity contribution is 7.97. The van der Waals surface area contributed by atoms with Gasteiger partial charge in [-0.3, -0.25) is 0 Å². The molecule has 3 heterocycles. The molecule has 2 aromatic heterocycles. The molecule has 1 aliphatic rings. The minimum atomic E-state index is -0.619. The zero-order chi connectivity index (χ0) is 21.8. The molecule has 0 aliphatic carbocycles. The third kappa shape index (κ3) is 5.22. The fourth-order valence-corrected chi connectivity index (χ4v) is 3.76. The molecule has 1 aromatic carbocycles. The molecule has 1 aliphatic heterocycles. The first-order valence-corrected chi connectivity index (χ1v) is 11.3. The van der Waals surface area contributed by atoms with Crippen molar-refractivity contribution in [2.75, 3.05) is 18.2 Å². The number of ether oxygens (including phenoxy) is 2. The number of pyridine rings is 1. The number of nitrogens with zero attached hydrogens (tertiary/aromatic N) is 3. The first-order valence-electron chi connectivity index (χ1n) is 9.90. The highest BCUT2D eigenvalue weighted by Crippen LogP contribution is 2.29. The van der Waals surface area contributed by atoms with E-state index in [0.29, 0.717) is 36.7 Å². The summed E-state index contributed by atoms with van der Waals surface area (Å²) < 4.78 is 40.3. The lowest BCUT2D eigenvalue weighted by atomic mass is 10.1. The maximum atomic E-state index is 14.5. The Morgan fingerprint density at radius 2 is 2.03 bits per heavy atom. The van der Waals surface area contributed by atoms with Crippen LogP contribution in [0.5, 0.6) is 11.6 Å². The van der Waals surface area contributed by atoms with E-state index in [9.17, 15) is 8.78 Å². The second-order valence-electron chi connectivity index (χ2n) is 7.21. The van der Waals surface area contributed by atoms with Gasteiger partial charge in [-0.15, -0.1) is 0 Å². The summed E-state index contributed by atoms with van der Waals surface area (Å²) in [4.78, 5) is 12.8. The van der Waals surface area contributed by atoms with Crippen molar-refractivity contribution in [1.82, 2.24) is 15.0 Å². The third-order valence-electron chi connectivity index (χ3n) is 4.70. The molecular weight excluding hydrogens is 422 g/mol. The Morgan fingerprint density at radius 1 is 1.16 bits per heavy atom. The lowest BCUT2D eigenvalue weighted by Gasteiger charge is -2.17. The number of nitrogens with one attached hydrogen (secondary N) is 1. The summed E-state index contributed by atoms with van der Waals surface area (Å²) in [7, 11) is 0. The van der Waals surface area contributed by atoms with E-state index in [-0.39, 0.29) is 23.5 Å². The molecular formula is C22H22F2N4O2S. The number of hydrogen-bond donors (Lipinski definition) is 1. The van der Waals surface area contributed by atoms with Gasteiger partial charge in [0.1, 0.15) is 11.5 Å². The highest BCUT2D eigenvalue weighted by Gasteiger charge is 2.15. The predicted molar refractivity (Wildman–Crippen MR) is 117 cm³/mol. The second kappa shape index (κ2) is 9.47. The van der Waals surface area contributed by atoms with Crippen molar-refractivity contribution >= 4 is 23.5 Å². The Morgan fingerprint density at radius 3 is 2.87 bits per heavy atom. The molecule has 0 fully saturated rings. The Bertz CT molecular complexity index is 1080. The largest absolute Gasteiger partial charge is 0.490 e. The molecule has 6 nitrogen and oxygen atoms in total. The van der Waals surface area contributed by atoms with Gasteiger partial charge in [0.05, 0.1) is 18.9 Å². The lowest BCUT2D eigenvalue weighted by molar-refractivity contribution is 0.186. The molecule has 0 saturated carbocycles. The minimum absolute atomic E-state index is 0.0415. The number of thioether (sulfide) groups is 1. The Kier molecular flexibility index (Phi) is 6.50. The molecule has 31 heavy (non-hydrogen) atoms. The van der Waals surface area contributed by atoms with Gasteiger partial charge < -0.3 is 14.8 Å². The Balaban J connectivity index is 1.77. The molecule has 0 spiro atoms. The van der Waals surface area contributed by atoms with Gasteiger partial charge >= 0.3 is 0 Å². The van der Waals surface area contributed by atoms with E-state index >= 15 is 0 Å². The summed E-state index contributed by atoms with van der Waals surface area (Å²) in [5, 5.41) is 3.03. The molecule has 0 radical (unpaired) electrons. The Labute approximate surface area is 183 Å². The summed E-state index contributed by atoms with van der Waals surface area (Å²) in [5.74, 6) is 0.856. The average molecular weight is 445 g/mol. The number of benzene rings is 1. The lowest BCUT2D eigenvalue weighted by Crippen LogP contribution is -2.15. The monoisotopic (exact) mass is 444 g/mol. The summed E-state index contributed by atoms with van der Waals surface area (Å²) in [6, 6.07) is 7.94. The Hall–Kier alpha value is -2.94. The van der Waals surface area contributed by atoms with Crippen LogP contribution in [0.15, 0.2) is 36.5 Å². The SMILES string of the molecule is CSCc1cc2nc(c1)OC(C)CCCOc1cc(ccc1F)-c1nc(ncc1F)N2. The van der Waals surface area contributed by atoms with Gasteiger partial charge in [-0.2, -0.15) is 16.7 Å². The first kappa shape index (κ1) is 21.3. The van der Waals surface area contributed by atoms with Crippen LogP contribution in [0.25, 0.3) is 11.3 Å². The van der Waals surface area contributed by atoms with Gasteiger partial charge in [0.15, 0.2) is 17.4 Å².